The van der Waals surface area contributed by atoms with E-state index < -0.39 is 27.7 Å². The second-order valence-electron chi connectivity index (χ2n) is 10.4. The highest BCUT2D eigenvalue weighted by Gasteiger charge is 2.30. The van der Waals surface area contributed by atoms with Gasteiger partial charge >= 0.3 is 0 Å². The number of nitrogens with zero attached hydrogens (tertiary/aromatic N) is 2. The van der Waals surface area contributed by atoms with Crippen molar-refractivity contribution >= 4 is 27.5 Å². The number of benzene rings is 3. The van der Waals surface area contributed by atoms with E-state index in [-0.39, 0.29) is 43.4 Å². The first-order chi connectivity index (χ1) is 20.0. The summed E-state index contributed by atoms with van der Waals surface area (Å²) in [7, 11) is -3.85. The topological polar surface area (TPSA) is 86.8 Å². The molecule has 7 nitrogen and oxygen atoms in total. The average Bonchev–Trinajstić information content (AvgIpc) is 2.95. The third-order valence-electron chi connectivity index (χ3n) is 6.92. The van der Waals surface area contributed by atoms with Gasteiger partial charge in [-0.2, -0.15) is 0 Å². The summed E-state index contributed by atoms with van der Waals surface area (Å²) in [5.74, 6) is -2.83. The molecule has 0 radical (unpaired) electrons. The first kappa shape index (κ1) is 32.7. The van der Waals surface area contributed by atoms with Crippen molar-refractivity contribution in [3.05, 3.63) is 101 Å². The van der Waals surface area contributed by atoms with E-state index in [9.17, 15) is 26.8 Å². The van der Waals surface area contributed by atoms with Gasteiger partial charge in [0.2, 0.25) is 21.8 Å². The van der Waals surface area contributed by atoms with Gasteiger partial charge in [-0.1, -0.05) is 73.5 Å². The third kappa shape index (κ3) is 9.65. The molecule has 0 aliphatic heterocycles. The Balaban J connectivity index is 1.87. The zero-order valence-electron chi connectivity index (χ0n) is 24.4. The predicted molar refractivity (Wildman–Crippen MR) is 161 cm³/mol. The number of halogens is 2. The molecule has 2 amide bonds. The predicted octanol–water partition coefficient (Wildman–Crippen LogP) is 5.38. The molecule has 1 N–H and O–H groups in total. The Morgan fingerprint density at radius 2 is 1.60 bits per heavy atom. The standard InChI is InChI=1S/C32H39F2N3O4S/c1-4-5-19-35-32(39)30(21-25-10-7-6-8-11-25)36(23-26-15-13-24(2)14-16-26)31(38)12-9-20-37(42(3,40)41)27-17-18-28(33)29(34)22-27/h6-8,10-11,13-18,22,30H,4-5,9,12,19-21,23H2,1-3H3,(H,35,39)/t30-/m0/s1. The molecule has 0 fully saturated rings. The second kappa shape index (κ2) is 15.4. The molecule has 3 aromatic rings. The van der Waals surface area contributed by atoms with Crippen LogP contribution in [0.15, 0.2) is 72.8 Å². The summed E-state index contributed by atoms with van der Waals surface area (Å²) in [4.78, 5) is 28.9. The molecular weight excluding hydrogens is 560 g/mol. The molecule has 3 rings (SSSR count). The Hall–Kier alpha value is -3.79. The number of anilines is 1. The first-order valence-corrected chi connectivity index (χ1v) is 15.9. The minimum absolute atomic E-state index is 0.0300. The van der Waals surface area contributed by atoms with Gasteiger partial charge in [0.25, 0.3) is 0 Å². The van der Waals surface area contributed by atoms with E-state index in [1.807, 2.05) is 68.4 Å². The van der Waals surface area contributed by atoms with E-state index in [0.29, 0.717) is 13.0 Å². The van der Waals surface area contributed by atoms with Crippen molar-refractivity contribution in [3.8, 4) is 0 Å². The number of aryl methyl sites for hydroxylation is 1. The summed E-state index contributed by atoms with van der Waals surface area (Å²) in [6.07, 6.45) is 3.03. The van der Waals surface area contributed by atoms with Crippen molar-refractivity contribution < 1.29 is 26.8 Å². The molecule has 0 saturated carbocycles. The summed E-state index contributed by atoms with van der Waals surface area (Å²) in [5.41, 5.74) is 2.79. The van der Waals surface area contributed by atoms with Crippen LogP contribution in [0.2, 0.25) is 0 Å². The number of nitrogens with one attached hydrogen (secondary N) is 1. The van der Waals surface area contributed by atoms with Crippen molar-refractivity contribution in [1.29, 1.82) is 0 Å². The maximum absolute atomic E-state index is 13.9. The van der Waals surface area contributed by atoms with Gasteiger partial charge in [0.15, 0.2) is 11.6 Å². The van der Waals surface area contributed by atoms with Crippen LogP contribution in [-0.2, 0) is 32.6 Å². The molecule has 0 spiro atoms. The quantitative estimate of drug-likeness (QED) is 0.238. The molecular formula is C32H39F2N3O4S. The van der Waals surface area contributed by atoms with Gasteiger partial charge in [-0.15, -0.1) is 0 Å². The van der Waals surface area contributed by atoms with Crippen molar-refractivity contribution in [1.82, 2.24) is 10.2 Å². The summed E-state index contributed by atoms with van der Waals surface area (Å²) in [5, 5.41) is 2.97. The van der Waals surface area contributed by atoms with Crippen molar-refractivity contribution in [3.63, 3.8) is 0 Å². The van der Waals surface area contributed by atoms with E-state index >= 15 is 0 Å². The van der Waals surface area contributed by atoms with Gasteiger partial charge < -0.3 is 10.2 Å². The second-order valence-corrected chi connectivity index (χ2v) is 12.3. The zero-order chi connectivity index (χ0) is 30.7. The fourth-order valence-electron chi connectivity index (χ4n) is 4.59. The lowest BCUT2D eigenvalue weighted by Gasteiger charge is -2.32. The number of sulfonamides is 1. The van der Waals surface area contributed by atoms with E-state index in [2.05, 4.69) is 5.32 Å². The number of hydrogen-bond acceptors (Lipinski definition) is 4. The van der Waals surface area contributed by atoms with Crippen LogP contribution in [0.1, 0.15) is 49.3 Å². The molecule has 0 unspecified atom stereocenters. The van der Waals surface area contributed by atoms with Gasteiger partial charge in [-0.05, 0) is 43.0 Å². The summed E-state index contributed by atoms with van der Waals surface area (Å²) in [6.45, 7) is 4.55. The van der Waals surface area contributed by atoms with Crippen molar-refractivity contribution in [2.24, 2.45) is 0 Å². The molecule has 226 valence electrons. The fraction of sp³-hybridized carbons (Fsp3) is 0.375. The SMILES string of the molecule is CCCCNC(=O)[C@H](Cc1ccccc1)N(Cc1ccc(C)cc1)C(=O)CCCN(c1ccc(F)c(F)c1)S(C)(=O)=O. The number of rotatable bonds is 15. The lowest BCUT2D eigenvalue weighted by molar-refractivity contribution is -0.141. The van der Waals surface area contributed by atoms with Crippen LogP contribution in [0.5, 0.6) is 0 Å². The molecule has 0 bridgehead atoms. The molecule has 3 aromatic carbocycles. The molecule has 42 heavy (non-hydrogen) atoms. The fourth-order valence-corrected chi connectivity index (χ4v) is 5.55. The molecule has 0 aromatic heterocycles. The zero-order valence-corrected chi connectivity index (χ0v) is 25.2. The maximum Gasteiger partial charge on any atom is 0.243 e. The largest absolute Gasteiger partial charge is 0.354 e. The van der Waals surface area contributed by atoms with Gasteiger partial charge in [0.05, 0.1) is 11.9 Å². The van der Waals surface area contributed by atoms with E-state index in [4.69, 9.17) is 0 Å². The van der Waals surface area contributed by atoms with Crippen LogP contribution < -0.4 is 9.62 Å². The summed E-state index contributed by atoms with van der Waals surface area (Å²) < 4.78 is 53.3. The van der Waals surface area contributed by atoms with Crippen LogP contribution in [0, 0.1) is 18.6 Å². The Bertz CT molecular complexity index is 1430. The van der Waals surface area contributed by atoms with E-state index in [1.54, 1.807) is 4.90 Å². The Kier molecular flexibility index (Phi) is 12.0. The summed E-state index contributed by atoms with van der Waals surface area (Å²) >= 11 is 0. The van der Waals surface area contributed by atoms with Crippen LogP contribution in [0.25, 0.3) is 0 Å². The maximum atomic E-state index is 13.9. The molecule has 0 heterocycles. The number of carbonyl (C=O) groups is 2. The Morgan fingerprint density at radius 3 is 2.21 bits per heavy atom. The number of carbonyl (C=O) groups excluding carboxylic acids is 2. The Morgan fingerprint density at radius 1 is 0.905 bits per heavy atom. The highest BCUT2D eigenvalue weighted by atomic mass is 32.2. The third-order valence-corrected chi connectivity index (χ3v) is 8.11. The molecule has 0 saturated heterocycles. The first-order valence-electron chi connectivity index (χ1n) is 14.1. The lowest BCUT2D eigenvalue weighted by atomic mass is 10.0. The van der Waals surface area contributed by atoms with Crippen molar-refractivity contribution in [2.75, 3.05) is 23.7 Å². The minimum Gasteiger partial charge on any atom is -0.354 e. The summed E-state index contributed by atoms with van der Waals surface area (Å²) in [6, 6.07) is 19.2. The average molecular weight is 600 g/mol. The Labute approximate surface area is 247 Å². The number of hydrogen-bond donors (Lipinski definition) is 1. The van der Waals surface area contributed by atoms with Gasteiger partial charge in [0, 0.05) is 38.5 Å². The normalized spacial score (nSPS) is 12.0. The van der Waals surface area contributed by atoms with Crippen LogP contribution in [-0.4, -0.2) is 50.5 Å². The van der Waals surface area contributed by atoms with Crippen LogP contribution in [0.4, 0.5) is 14.5 Å². The minimum atomic E-state index is -3.85. The number of unbranched alkanes of at least 4 members (excludes halogenated alkanes) is 1. The van der Waals surface area contributed by atoms with E-state index in [1.165, 1.54) is 6.07 Å². The lowest BCUT2D eigenvalue weighted by Crippen LogP contribution is -2.50. The smallest absolute Gasteiger partial charge is 0.243 e. The monoisotopic (exact) mass is 599 g/mol. The van der Waals surface area contributed by atoms with Gasteiger partial charge in [-0.3, -0.25) is 13.9 Å². The molecule has 0 aliphatic carbocycles. The highest BCUT2D eigenvalue weighted by Crippen LogP contribution is 2.22. The van der Waals surface area contributed by atoms with Gasteiger partial charge in [-0.25, -0.2) is 17.2 Å². The molecule has 0 aliphatic rings. The van der Waals surface area contributed by atoms with Crippen LogP contribution in [0.3, 0.4) is 0 Å². The molecule has 10 heteroatoms. The highest BCUT2D eigenvalue weighted by molar-refractivity contribution is 7.92. The van der Waals surface area contributed by atoms with Crippen LogP contribution >= 0.6 is 0 Å². The number of amides is 2. The van der Waals surface area contributed by atoms with Crippen molar-refractivity contribution in [2.45, 2.75) is 58.5 Å². The van der Waals surface area contributed by atoms with E-state index in [0.717, 1.165) is 52.2 Å². The van der Waals surface area contributed by atoms with Gasteiger partial charge in [0.1, 0.15) is 6.04 Å². The molecule has 1 atom stereocenters.